The Morgan fingerprint density at radius 3 is 2.47 bits per heavy atom. The van der Waals surface area contributed by atoms with Gasteiger partial charge in [-0.05, 0) is 36.6 Å². The Hall–Kier alpha value is -2.49. The van der Waals surface area contributed by atoms with E-state index in [4.69, 9.17) is 16.3 Å². The molecule has 0 bridgehead atoms. The van der Waals surface area contributed by atoms with Crippen LogP contribution in [0.5, 0.6) is 0 Å². The highest BCUT2D eigenvalue weighted by Gasteiger charge is 2.28. The second-order valence-corrected chi connectivity index (χ2v) is 9.28. The molecule has 0 amide bonds. The van der Waals surface area contributed by atoms with Crippen LogP contribution in [0.15, 0.2) is 47.4 Å². The van der Waals surface area contributed by atoms with E-state index in [1.807, 2.05) is 0 Å². The van der Waals surface area contributed by atoms with Crippen LogP contribution in [-0.4, -0.2) is 36.7 Å². The van der Waals surface area contributed by atoms with Crippen molar-refractivity contribution in [2.45, 2.75) is 37.2 Å². The Morgan fingerprint density at radius 1 is 1.10 bits per heavy atom. The number of carbonyl (C=O) groups is 1. The number of carbonyl (C=O) groups excluding carboxylic acids is 1. The molecule has 30 heavy (non-hydrogen) atoms. The van der Waals surface area contributed by atoms with Crippen LogP contribution in [0.2, 0.25) is 5.02 Å². The zero-order valence-electron chi connectivity index (χ0n) is 16.1. The highest BCUT2D eigenvalue weighted by Crippen LogP contribution is 2.28. The fraction of sp³-hybridized carbons (Fsp3) is 0.350. The summed E-state index contributed by atoms with van der Waals surface area (Å²) in [5, 5.41) is 10.9. The number of hydrogen-bond donors (Lipinski definition) is 0. The lowest BCUT2D eigenvalue weighted by molar-refractivity contribution is -0.384. The summed E-state index contributed by atoms with van der Waals surface area (Å²) in [7, 11) is -3.84. The van der Waals surface area contributed by atoms with Crippen LogP contribution in [0.3, 0.4) is 0 Å². The number of nitrogens with zero attached hydrogens (tertiary/aromatic N) is 2. The highest BCUT2D eigenvalue weighted by molar-refractivity contribution is 7.89. The fourth-order valence-corrected chi connectivity index (χ4v) is 5.26. The maximum absolute atomic E-state index is 13.0. The molecule has 0 N–H and O–H groups in total. The SMILES string of the molecule is O=C(OCc1cccc([N+](=O)[O-])c1)c1ccc(Cl)c(S(=O)(=O)N2CCCCCC2)c1. The van der Waals surface area contributed by atoms with Gasteiger partial charge in [-0.25, -0.2) is 13.2 Å². The van der Waals surface area contributed by atoms with Crippen molar-refractivity contribution in [3.8, 4) is 0 Å². The van der Waals surface area contributed by atoms with Crippen molar-refractivity contribution in [3.05, 3.63) is 68.7 Å². The van der Waals surface area contributed by atoms with Gasteiger partial charge in [-0.1, -0.05) is 36.6 Å². The van der Waals surface area contributed by atoms with Gasteiger partial charge in [0.15, 0.2) is 0 Å². The Bertz CT molecular complexity index is 1050. The molecule has 0 atom stereocenters. The minimum Gasteiger partial charge on any atom is -0.457 e. The first-order chi connectivity index (χ1) is 14.3. The number of sulfonamides is 1. The zero-order valence-corrected chi connectivity index (χ0v) is 17.7. The van der Waals surface area contributed by atoms with E-state index in [1.54, 1.807) is 6.07 Å². The number of rotatable bonds is 6. The summed E-state index contributed by atoms with van der Waals surface area (Å²) in [6.07, 6.45) is 3.51. The van der Waals surface area contributed by atoms with E-state index in [0.29, 0.717) is 18.7 Å². The number of non-ortho nitro benzene ring substituents is 1. The van der Waals surface area contributed by atoms with E-state index >= 15 is 0 Å². The lowest BCUT2D eigenvalue weighted by atomic mass is 10.2. The summed E-state index contributed by atoms with van der Waals surface area (Å²) in [5.74, 6) is -0.745. The fourth-order valence-electron chi connectivity index (χ4n) is 3.24. The van der Waals surface area contributed by atoms with E-state index in [1.165, 1.54) is 40.7 Å². The summed E-state index contributed by atoms with van der Waals surface area (Å²) in [6.45, 7) is 0.650. The Balaban J connectivity index is 1.78. The zero-order chi connectivity index (χ0) is 21.7. The molecule has 8 nitrogen and oxygen atoms in total. The molecule has 0 radical (unpaired) electrons. The molecule has 1 saturated heterocycles. The lowest BCUT2D eigenvalue weighted by Gasteiger charge is -2.21. The van der Waals surface area contributed by atoms with Crippen LogP contribution < -0.4 is 0 Å². The predicted molar refractivity (Wildman–Crippen MR) is 111 cm³/mol. The number of halogens is 1. The number of benzene rings is 2. The van der Waals surface area contributed by atoms with Crippen LogP contribution in [0.25, 0.3) is 0 Å². The van der Waals surface area contributed by atoms with Crippen LogP contribution in [0.1, 0.15) is 41.6 Å². The van der Waals surface area contributed by atoms with Crippen molar-refractivity contribution in [2.75, 3.05) is 13.1 Å². The van der Waals surface area contributed by atoms with Gasteiger partial charge in [0, 0.05) is 25.2 Å². The quantitative estimate of drug-likeness (QED) is 0.370. The van der Waals surface area contributed by atoms with Gasteiger partial charge in [0.2, 0.25) is 10.0 Å². The van der Waals surface area contributed by atoms with Crippen molar-refractivity contribution in [1.29, 1.82) is 0 Å². The summed E-state index contributed by atoms with van der Waals surface area (Å²) >= 11 is 6.14. The average molecular weight is 453 g/mol. The third-order valence-corrected chi connectivity index (χ3v) is 7.22. The second-order valence-electron chi connectivity index (χ2n) is 6.97. The first kappa shape index (κ1) is 22.2. The molecule has 0 aromatic heterocycles. The topological polar surface area (TPSA) is 107 Å². The molecule has 0 saturated carbocycles. The van der Waals surface area contributed by atoms with Crippen molar-refractivity contribution < 1.29 is 22.9 Å². The van der Waals surface area contributed by atoms with Crippen molar-refractivity contribution in [1.82, 2.24) is 4.31 Å². The van der Waals surface area contributed by atoms with Crippen LogP contribution >= 0.6 is 11.6 Å². The molecular formula is C20H21ClN2O6S. The van der Waals surface area contributed by atoms with Gasteiger partial charge in [0.1, 0.15) is 11.5 Å². The minimum absolute atomic E-state index is 0.0366. The van der Waals surface area contributed by atoms with Crippen molar-refractivity contribution >= 4 is 33.3 Å². The van der Waals surface area contributed by atoms with E-state index in [-0.39, 0.29) is 27.8 Å². The normalized spacial score (nSPS) is 15.4. The molecule has 0 aliphatic carbocycles. The molecule has 1 heterocycles. The smallest absolute Gasteiger partial charge is 0.338 e. The van der Waals surface area contributed by atoms with Gasteiger partial charge in [-0.3, -0.25) is 10.1 Å². The Labute approximate surface area is 179 Å². The largest absolute Gasteiger partial charge is 0.457 e. The van der Waals surface area contributed by atoms with Gasteiger partial charge in [0.25, 0.3) is 5.69 Å². The van der Waals surface area contributed by atoms with Gasteiger partial charge >= 0.3 is 5.97 Å². The molecule has 1 fully saturated rings. The number of ether oxygens (including phenoxy) is 1. The first-order valence-corrected chi connectivity index (χ1v) is 11.3. The maximum Gasteiger partial charge on any atom is 0.338 e. The Kier molecular flexibility index (Phi) is 7.06. The number of nitro groups is 1. The molecule has 2 aromatic carbocycles. The van der Waals surface area contributed by atoms with Gasteiger partial charge in [-0.2, -0.15) is 4.31 Å². The molecule has 0 unspecified atom stereocenters. The highest BCUT2D eigenvalue weighted by atomic mass is 35.5. The van der Waals surface area contributed by atoms with E-state index in [0.717, 1.165) is 25.7 Å². The van der Waals surface area contributed by atoms with Crippen LogP contribution in [-0.2, 0) is 21.4 Å². The maximum atomic E-state index is 13.0. The second kappa shape index (κ2) is 9.55. The first-order valence-electron chi connectivity index (χ1n) is 9.49. The molecular weight excluding hydrogens is 432 g/mol. The number of hydrogen-bond acceptors (Lipinski definition) is 6. The summed E-state index contributed by atoms with van der Waals surface area (Å²) in [5.41, 5.74) is 0.378. The van der Waals surface area contributed by atoms with E-state index < -0.39 is 20.9 Å². The monoisotopic (exact) mass is 452 g/mol. The van der Waals surface area contributed by atoms with E-state index in [9.17, 15) is 23.3 Å². The molecule has 3 rings (SSSR count). The van der Waals surface area contributed by atoms with Crippen LogP contribution in [0.4, 0.5) is 5.69 Å². The molecule has 0 spiro atoms. The molecule has 160 valence electrons. The number of nitro benzene ring substituents is 1. The van der Waals surface area contributed by atoms with Gasteiger partial charge in [-0.15, -0.1) is 0 Å². The standard InChI is InChI=1S/C20H21ClN2O6S/c21-18-9-8-16(13-19(18)30(27,28)22-10-3-1-2-4-11-22)20(24)29-14-15-6-5-7-17(12-15)23(25)26/h5-9,12-13H,1-4,10-11,14H2. The number of esters is 1. The molecule has 1 aliphatic rings. The third-order valence-electron chi connectivity index (χ3n) is 4.84. The summed E-state index contributed by atoms with van der Waals surface area (Å²) in [6, 6.07) is 9.70. The predicted octanol–water partition coefficient (Wildman–Crippen LogP) is 4.17. The average Bonchev–Trinajstić information content (AvgIpc) is 3.02. The van der Waals surface area contributed by atoms with Gasteiger partial charge < -0.3 is 4.74 Å². The molecule has 2 aromatic rings. The third kappa shape index (κ3) is 5.16. The van der Waals surface area contributed by atoms with Gasteiger partial charge in [0.05, 0.1) is 15.5 Å². The van der Waals surface area contributed by atoms with Crippen molar-refractivity contribution in [3.63, 3.8) is 0 Å². The van der Waals surface area contributed by atoms with E-state index in [2.05, 4.69) is 0 Å². The van der Waals surface area contributed by atoms with Crippen molar-refractivity contribution in [2.24, 2.45) is 0 Å². The Morgan fingerprint density at radius 2 is 1.80 bits per heavy atom. The molecule has 10 heteroatoms. The molecule has 1 aliphatic heterocycles. The summed E-state index contributed by atoms with van der Waals surface area (Å²) < 4.78 is 32.7. The lowest BCUT2D eigenvalue weighted by Crippen LogP contribution is -2.32. The minimum atomic E-state index is -3.84. The van der Waals surface area contributed by atoms with Crippen LogP contribution in [0, 0.1) is 10.1 Å². The summed E-state index contributed by atoms with van der Waals surface area (Å²) in [4.78, 5) is 22.6.